The van der Waals surface area contributed by atoms with Gasteiger partial charge in [0, 0.05) is 18.7 Å². The molecule has 0 amide bonds. The molecule has 2 aromatic rings. The fourth-order valence-corrected chi connectivity index (χ4v) is 2.01. The van der Waals surface area contributed by atoms with Gasteiger partial charge in [0.25, 0.3) is 0 Å². The van der Waals surface area contributed by atoms with Gasteiger partial charge in [0.2, 0.25) is 0 Å². The Morgan fingerprint density at radius 3 is 2.68 bits per heavy atom. The Bertz CT molecular complexity index is 593. The molecule has 0 aliphatic heterocycles. The molecule has 22 heavy (non-hydrogen) atoms. The molecular weight excluding hydrogens is 274 g/mol. The van der Waals surface area contributed by atoms with Crippen molar-refractivity contribution in [2.24, 2.45) is 0 Å². The summed E-state index contributed by atoms with van der Waals surface area (Å²) in [5, 5.41) is 8.48. The molecule has 114 valence electrons. The van der Waals surface area contributed by atoms with Crippen LogP contribution in [0, 0.1) is 11.3 Å². The average Bonchev–Trinajstić information content (AvgIpc) is 2.56. The first-order chi connectivity index (χ1) is 10.9. The number of hydrogen-bond donors (Lipinski definition) is 2. The zero-order chi connectivity index (χ0) is 15.5. The topological polar surface area (TPSA) is 57.1 Å². The molecule has 0 atom stereocenters. The van der Waals surface area contributed by atoms with Crippen molar-refractivity contribution >= 4 is 5.69 Å². The maximum Gasteiger partial charge on any atom is 0.119 e. The third-order valence-electron chi connectivity index (χ3n) is 3.15. The van der Waals surface area contributed by atoms with Crippen LogP contribution < -0.4 is 15.6 Å². The van der Waals surface area contributed by atoms with E-state index in [0.29, 0.717) is 19.6 Å². The van der Waals surface area contributed by atoms with Gasteiger partial charge in [-0.25, -0.2) is 5.43 Å². The van der Waals surface area contributed by atoms with Crippen LogP contribution in [0.4, 0.5) is 5.69 Å². The molecule has 0 heterocycles. The number of ether oxygens (including phenoxy) is 1. The van der Waals surface area contributed by atoms with Crippen LogP contribution in [0.5, 0.6) is 5.75 Å². The van der Waals surface area contributed by atoms with E-state index >= 15 is 0 Å². The van der Waals surface area contributed by atoms with Gasteiger partial charge in [-0.1, -0.05) is 30.3 Å². The minimum Gasteiger partial charge on any atom is -0.494 e. The zero-order valence-electron chi connectivity index (χ0n) is 12.6. The van der Waals surface area contributed by atoms with Crippen LogP contribution in [0.3, 0.4) is 0 Å². The van der Waals surface area contributed by atoms with Crippen LogP contribution >= 0.6 is 0 Å². The van der Waals surface area contributed by atoms with Crippen LogP contribution in [0.1, 0.15) is 24.8 Å². The van der Waals surface area contributed by atoms with Crippen molar-refractivity contribution in [3.63, 3.8) is 0 Å². The number of rotatable bonds is 9. The largest absolute Gasteiger partial charge is 0.494 e. The van der Waals surface area contributed by atoms with Crippen LogP contribution in [0.25, 0.3) is 0 Å². The normalized spacial score (nSPS) is 9.95. The highest BCUT2D eigenvalue weighted by atomic mass is 16.5. The summed E-state index contributed by atoms with van der Waals surface area (Å²) in [4.78, 5) is 0. The highest BCUT2D eigenvalue weighted by molar-refractivity contribution is 5.41. The van der Waals surface area contributed by atoms with Gasteiger partial charge in [-0.3, -0.25) is 0 Å². The smallest absolute Gasteiger partial charge is 0.119 e. The van der Waals surface area contributed by atoms with Gasteiger partial charge in [0.15, 0.2) is 0 Å². The van der Waals surface area contributed by atoms with Gasteiger partial charge >= 0.3 is 0 Å². The molecule has 2 rings (SSSR count). The molecule has 0 aliphatic rings. The van der Waals surface area contributed by atoms with E-state index in [0.717, 1.165) is 29.8 Å². The molecule has 2 aromatic carbocycles. The monoisotopic (exact) mass is 295 g/mol. The second kappa shape index (κ2) is 9.43. The summed E-state index contributed by atoms with van der Waals surface area (Å²) < 4.78 is 5.70. The number of para-hydroxylation sites is 1. The minimum atomic E-state index is 0.596. The summed E-state index contributed by atoms with van der Waals surface area (Å²) in [6.07, 6.45) is 2.39. The highest BCUT2D eigenvalue weighted by Gasteiger charge is 1.98. The lowest BCUT2D eigenvalue weighted by Gasteiger charge is -2.10. The fraction of sp³-hybridized carbons (Fsp3) is 0.278. The highest BCUT2D eigenvalue weighted by Crippen LogP contribution is 2.14. The number of hydrogen-bond acceptors (Lipinski definition) is 4. The van der Waals surface area contributed by atoms with Gasteiger partial charge in [0.1, 0.15) is 5.75 Å². The summed E-state index contributed by atoms with van der Waals surface area (Å²) in [6, 6.07) is 20.2. The van der Waals surface area contributed by atoms with E-state index in [9.17, 15) is 0 Å². The van der Waals surface area contributed by atoms with Crippen molar-refractivity contribution in [1.82, 2.24) is 5.43 Å². The Balaban J connectivity index is 1.73. The van der Waals surface area contributed by atoms with E-state index in [2.05, 4.69) is 23.0 Å². The molecule has 4 nitrogen and oxygen atoms in total. The summed E-state index contributed by atoms with van der Waals surface area (Å²) in [7, 11) is 0. The molecule has 0 aromatic heterocycles. The summed E-state index contributed by atoms with van der Waals surface area (Å²) in [5.41, 5.74) is 8.53. The standard InChI is InChI=1S/C18H21N3O/c19-12-5-2-6-13-22-18-11-7-8-16(14-18)15-20-21-17-9-3-1-4-10-17/h1,3-4,7-11,14,20-21H,2,5-6,13,15H2. The van der Waals surface area contributed by atoms with E-state index in [4.69, 9.17) is 10.00 Å². The number of nitrogens with zero attached hydrogens (tertiary/aromatic N) is 1. The Kier molecular flexibility index (Phi) is 6.80. The van der Waals surface area contributed by atoms with Crippen molar-refractivity contribution in [3.05, 3.63) is 60.2 Å². The van der Waals surface area contributed by atoms with Gasteiger partial charge < -0.3 is 10.2 Å². The van der Waals surface area contributed by atoms with Gasteiger partial charge in [-0.2, -0.15) is 5.26 Å². The number of benzene rings is 2. The molecule has 0 unspecified atom stereocenters. The van der Waals surface area contributed by atoms with Crippen LogP contribution in [-0.4, -0.2) is 6.61 Å². The predicted octanol–water partition coefficient (Wildman–Crippen LogP) is 3.88. The van der Waals surface area contributed by atoms with E-state index < -0.39 is 0 Å². The molecule has 0 spiro atoms. The Morgan fingerprint density at radius 1 is 1.00 bits per heavy atom. The number of anilines is 1. The molecule has 0 radical (unpaired) electrons. The minimum absolute atomic E-state index is 0.596. The average molecular weight is 295 g/mol. The molecule has 0 fully saturated rings. The third kappa shape index (κ3) is 5.86. The van der Waals surface area contributed by atoms with Gasteiger partial charge in [-0.15, -0.1) is 0 Å². The maximum atomic E-state index is 8.48. The van der Waals surface area contributed by atoms with Crippen LogP contribution in [-0.2, 0) is 6.54 Å². The van der Waals surface area contributed by atoms with Crippen LogP contribution in [0.2, 0.25) is 0 Å². The fourth-order valence-electron chi connectivity index (χ4n) is 2.01. The van der Waals surface area contributed by atoms with Gasteiger partial charge in [0.05, 0.1) is 12.7 Å². The van der Waals surface area contributed by atoms with Crippen molar-refractivity contribution in [3.8, 4) is 11.8 Å². The molecule has 4 heteroatoms. The number of nitriles is 1. The molecule has 0 saturated carbocycles. The molecule has 2 N–H and O–H groups in total. The Morgan fingerprint density at radius 2 is 1.86 bits per heavy atom. The van der Waals surface area contributed by atoms with E-state index in [1.54, 1.807) is 0 Å². The molecule has 0 aliphatic carbocycles. The molecule has 0 saturated heterocycles. The van der Waals surface area contributed by atoms with E-state index in [-0.39, 0.29) is 0 Å². The Hall–Kier alpha value is -2.51. The van der Waals surface area contributed by atoms with E-state index in [1.165, 1.54) is 0 Å². The third-order valence-corrected chi connectivity index (χ3v) is 3.15. The summed E-state index contributed by atoms with van der Waals surface area (Å²) in [6.45, 7) is 1.36. The van der Waals surface area contributed by atoms with Crippen LogP contribution in [0.15, 0.2) is 54.6 Å². The number of unbranched alkanes of at least 4 members (excludes halogenated alkanes) is 2. The van der Waals surface area contributed by atoms with Crippen molar-refractivity contribution < 1.29 is 4.74 Å². The maximum absolute atomic E-state index is 8.48. The first-order valence-corrected chi connectivity index (χ1v) is 7.51. The Labute approximate surface area is 131 Å². The summed E-state index contributed by atoms with van der Waals surface area (Å²) >= 11 is 0. The number of hydrazine groups is 1. The molecule has 0 bridgehead atoms. The number of nitrogens with one attached hydrogen (secondary N) is 2. The first kappa shape index (κ1) is 15.9. The van der Waals surface area contributed by atoms with Crippen molar-refractivity contribution in [2.75, 3.05) is 12.0 Å². The summed E-state index contributed by atoms with van der Waals surface area (Å²) in [5.74, 6) is 0.871. The second-order valence-corrected chi connectivity index (χ2v) is 4.96. The lowest BCUT2D eigenvalue weighted by atomic mass is 10.2. The lowest BCUT2D eigenvalue weighted by Crippen LogP contribution is -2.20. The van der Waals surface area contributed by atoms with Gasteiger partial charge in [-0.05, 0) is 42.7 Å². The zero-order valence-corrected chi connectivity index (χ0v) is 12.6. The van der Waals surface area contributed by atoms with Crippen molar-refractivity contribution in [1.29, 1.82) is 5.26 Å². The van der Waals surface area contributed by atoms with Crippen molar-refractivity contribution in [2.45, 2.75) is 25.8 Å². The quantitative estimate of drug-likeness (QED) is 0.544. The van der Waals surface area contributed by atoms with E-state index in [1.807, 2.05) is 48.5 Å². The second-order valence-electron chi connectivity index (χ2n) is 4.96. The molecular formula is C18H21N3O. The SMILES string of the molecule is N#CCCCCOc1cccc(CNNc2ccccc2)c1. The lowest BCUT2D eigenvalue weighted by molar-refractivity contribution is 0.307. The first-order valence-electron chi connectivity index (χ1n) is 7.51. The predicted molar refractivity (Wildman–Crippen MR) is 88.3 cm³/mol.